The predicted octanol–water partition coefficient (Wildman–Crippen LogP) is 15.0. The number of nitrogens with zero attached hydrogens (tertiary/aromatic N) is 1. The summed E-state index contributed by atoms with van der Waals surface area (Å²) in [5.41, 5.74) is 0. The molecule has 0 saturated heterocycles. The molecule has 9 heteroatoms. The summed E-state index contributed by atoms with van der Waals surface area (Å²) in [5, 5.41) is 0. The standard InChI is InChI=1S/C49H98NO7P/c1-6-8-10-12-14-16-18-20-22-24-25-26-27-28-30-32-34-36-38-40-42-49(51)57-48(47-56-58(52,53)55-45-43-50(3,4)5)46-54-44-41-39-37-35-33-31-29-23-21-19-17-15-13-11-9-7-2/h21,23,48H,6-20,22,24-47H2,1-5H3/p+1/b23-21-. The van der Waals surface area contributed by atoms with Crippen LogP contribution in [-0.2, 0) is 27.9 Å². The van der Waals surface area contributed by atoms with Crippen LogP contribution in [0.3, 0.4) is 0 Å². The van der Waals surface area contributed by atoms with Crippen LogP contribution in [0.2, 0.25) is 0 Å². The Morgan fingerprint density at radius 1 is 0.517 bits per heavy atom. The molecule has 0 saturated carbocycles. The van der Waals surface area contributed by atoms with Crippen molar-refractivity contribution in [1.29, 1.82) is 0 Å². The van der Waals surface area contributed by atoms with Crippen LogP contribution in [0.1, 0.15) is 239 Å². The fourth-order valence-corrected chi connectivity index (χ4v) is 7.94. The van der Waals surface area contributed by atoms with E-state index in [0.717, 1.165) is 32.1 Å². The van der Waals surface area contributed by atoms with Gasteiger partial charge in [-0.3, -0.25) is 13.8 Å². The molecule has 0 heterocycles. The molecular formula is C49H99NO7P+. The summed E-state index contributed by atoms with van der Waals surface area (Å²) in [4.78, 5) is 23.0. The molecule has 0 fully saturated rings. The number of unbranched alkanes of at least 4 members (excludes halogenated alkanes) is 31. The smallest absolute Gasteiger partial charge is 0.457 e. The first-order valence-corrected chi connectivity index (χ1v) is 26.4. The minimum Gasteiger partial charge on any atom is -0.457 e. The van der Waals surface area contributed by atoms with Crippen LogP contribution in [0.4, 0.5) is 0 Å². The molecule has 0 amide bonds. The summed E-state index contributed by atoms with van der Waals surface area (Å²) in [6.07, 6.45) is 48.2. The predicted molar refractivity (Wildman–Crippen MR) is 247 cm³/mol. The molecule has 346 valence electrons. The van der Waals surface area contributed by atoms with Gasteiger partial charge < -0.3 is 18.9 Å². The highest BCUT2D eigenvalue weighted by Gasteiger charge is 2.26. The van der Waals surface area contributed by atoms with Crippen LogP contribution >= 0.6 is 7.82 Å². The van der Waals surface area contributed by atoms with Gasteiger partial charge >= 0.3 is 13.8 Å². The molecule has 0 aliphatic carbocycles. The third kappa shape index (κ3) is 46.3. The summed E-state index contributed by atoms with van der Waals surface area (Å²) >= 11 is 0. The Kier molecular flexibility index (Phi) is 42.3. The number of phosphoric ester groups is 1. The highest BCUT2D eigenvalue weighted by atomic mass is 31.2. The van der Waals surface area contributed by atoms with Crippen molar-refractivity contribution < 1.29 is 37.3 Å². The van der Waals surface area contributed by atoms with E-state index >= 15 is 0 Å². The van der Waals surface area contributed by atoms with E-state index in [1.54, 1.807) is 0 Å². The van der Waals surface area contributed by atoms with Crippen molar-refractivity contribution in [3.63, 3.8) is 0 Å². The Balaban J connectivity index is 4.12. The van der Waals surface area contributed by atoms with E-state index in [1.807, 2.05) is 21.1 Å². The minimum absolute atomic E-state index is 0.0909. The molecule has 0 aliphatic rings. The maximum Gasteiger partial charge on any atom is 0.472 e. The number of carbonyl (C=O) groups is 1. The summed E-state index contributed by atoms with van der Waals surface area (Å²) in [6, 6.07) is 0. The lowest BCUT2D eigenvalue weighted by Gasteiger charge is -2.24. The zero-order valence-electron chi connectivity index (χ0n) is 39.3. The summed E-state index contributed by atoms with van der Waals surface area (Å²) in [6.45, 7) is 5.66. The second-order valence-corrected chi connectivity index (χ2v) is 19.7. The van der Waals surface area contributed by atoms with Gasteiger partial charge in [0.05, 0.1) is 34.4 Å². The van der Waals surface area contributed by atoms with E-state index in [0.29, 0.717) is 24.1 Å². The molecule has 1 N–H and O–H groups in total. The van der Waals surface area contributed by atoms with Crippen LogP contribution in [0.25, 0.3) is 0 Å². The lowest BCUT2D eigenvalue weighted by molar-refractivity contribution is -0.870. The first-order valence-electron chi connectivity index (χ1n) is 24.9. The Morgan fingerprint density at radius 3 is 1.31 bits per heavy atom. The van der Waals surface area contributed by atoms with Gasteiger partial charge in [0.25, 0.3) is 0 Å². The molecule has 0 aromatic carbocycles. The van der Waals surface area contributed by atoms with Gasteiger partial charge in [0.1, 0.15) is 19.3 Å². The number of hydrogen-bond donors (Lipinski definition) is 1. The fraction of sp³-hybridized carbons (Fsp3) is 0.939. The van der Waals surface area contributed by atoms with Crippen molar-refractivity contribution in [2.24, 2.45) is 0 Å². The van der Waals surface area contributed by atoms with E-state index in [1.165, 1.54) is 186 Å². The third-order valence-electron chi connectivity index (χ3n) is 11.1. The topological polar surface area (TPSA) is 91.3 Å². The summed E-state index contributed by atoms with van der Waals surface area (Å²) in [5.74, 6) is -0.310. The van der Waals surface area contributed by atoms with Crippen molar-refractivity contribution in [2.75, 3.05) is 54.1 Å². The molecule has 0 aromatic rings. The number of phosphoric acid groups is 1. The van der Waals surface area contributed by atoms with Crippen molar-refractivity contribution in [2.45, 2.75) is 245 Å². The first kappa shape index (κ1) is 57.2. The van der Waals surface area contributed by atoms with Gasteiger partial charge in [-0.25, -0.2) is 4.57 Å². The van der Waals surface area contributed by atoms with Crippen molar-refractivity contribution in [3.8, 4) is 0 Å². The molecule has 0 bridgehead atoms. The monoisotopic (exact) mass is 845 g/mol. The van der Waals surface area contributed by atoms with Gasteiger partial charge in [-0.05, 0) is 38.5 Å². The highest BCUT2D eigenvalue weighted by molar-refractivity contribution is 7.47. The third-order valence-corrected chi connectivity index (χ3v) is 12.1. The lowest BCUT2D eigenvalue weighted by Crippen LogP contribution is -2.37. The van der Waals surface area contributed by atoms with Crippen LogP contribution in [0.15, 0.2) is 12.2 Å². The molecule has 2 unspecified atom stereocenters. The quantitative estimate of drug-likeness (QED) is 0.0214. The maximum atomic E-state index is 12.7. The van der Waals surface area contributed by atoms with Crippen LogP contribution in [0, 0.1) is 0 Å². The van der Waals surface area contributed by atoms with E-state index in [9.17, 15) is 14.3 Å². The van der Waals surface area contributed by atoms with Crippen LogP contribution < -0.4 is 0 Å². The number of allylic oxidation sites excluding steroid dienone is 2. The number of carbonyl (C=O) groups excluding carboxylic acids is 1. The molecule has 0 spiro atoms. The van der Waals surface area contributed by atoms with Gasteiger partial charge in [0.2, 0.25) is 0 Å². The SMILES string of the molecule is CCCCCCCC/C=C\CCCCCCCCOCC(COP(=O)(O)OCC[N+](C)(C)C)OC(=O)CCCCCCCCCCCCCCCCCCCCCC. The molecule has 2 atom stereocenters. The molecule has 0 rings (SSSR count). The lowest BCUT2D eigenvalue weighted by atomic mass is 10.0. The highest BCUT2D eigenvalue weighted by Crippen LogP contribution is 2.43. The van der Waals surface area contributed by atoms with Crippen molar-refractivity contribution in [1.82, 2.24) is 0 Å². The van der Waals surface area contributed by atoms with Gasteiger partial charge in [-0.15, -0.1) is 0 Å². The van der Waals surface area contributed by atoms with Gasteiger partial charge in [-0.1, -0.05) is 206 Å². The molecule has 0 radical (unpaired) electrons. The number of hydrogen-bond acceptors (Lipinski definition) is 6. The van der Waals surface area contributed by atoms with Crippen LogP contribution in [-0.4, -0.2) is 75.6 Å². The van der Waals surface area contributed by atoms with Gasteiger partial charge in [0, 0.05) is 13.0 Å². The van der Waals surface area contributed by atoms with E-state index in [2.05, 4.69) is 26.0 Å². The molecular weight excluding hydrogens is 746 g/mol. The Labute approximate surface area is 360 Å². The normalized spacial score (nSPS) is 13.7. The van der Waals surface area contributed by atoms with Crippen molar-refractivity contribution >= 4 is 13.8 Å². The Bertz CT molecular complexity index is 940. The van der Waals surface area contributed by atoms with E-state index in [-0.39, 0.29) is 25.8 Å². The molecule has 8 nitrogen and oxygen atoms in total. The molecule has 0 aliphatic heterocycles. The zero-order valence-corrected chi connectivity index (χ0v) is 40.2. The Morgan fingerprint density at radius 2 is 0.897 bits per heavy atom. The average molecular weight is 845 g/mol. The molecule has 58 heavy (non-hydrogen) atoms. The summed E-state index contributed by atoms with van der Waals surface area (Å²) < 4.78 is 35.1. The molecule has 0 aromatic heterocycles. The fourth-order valence-electron chi connectivity index (χ4n) is 7.20. The largest absolute Gasteiger partial charge is 0.472 e. The zero-order chi connectivity index (χ0) is 42.7. The second kappa shape index (κ2) is 42.9. The number of quaternary nitrogens is 1. The van der Waals surface area contributed by atoms with E-state index < -0.39 is 13.9 Å². The number of esters is 1. The Hall–Kier alpha value is -0.760. The van der Waals surface area contributed by atoms with Gasteiger partial charge in [0.15, 0.2) is 0 Å². The number of likely N-dealkylation sites (N-methyl/N-ethyl adjacent to an activating group) is 1. The van der Waals surface area contributed by atoms with Gasteiger partial charge in [-0.2, -0.15) is 0 Å². The average Bonchev–Trinajstić information content (AvgIpc) is 3.18. The number of ether oxygens (including phenoxy) is 2. The van der Waals surface area contributed by atoms with E-state index in [4.69, 9.17) is 18.5 Å². The first-order chi connectivity index (χ1) is 28.1. The maximum absolute atomic E-state index is 12.7. The van der Waals surface area contributed by atoms with Crippen LogP contribution in [0.5, 0.6) is 0 Å². The van der Waals surface area contributed by atoms with Crippen molar-refractivity contribution in [3.05, 3.63) is 12.2 Å². The second-order valence-electron chi connectivity index (χ2n) is 18.2. The number of rotatable bonds is 47. The minimum atomic E-state index is -4.27. The summed E-state index contributed by atoms with van der Waals surface area (Å²) in [7, 11) is 1.68.